The highest BCUT2D eigenvalue weighted by molar-refractivity contribution is 8.01. The number of carbonyl (C=O) groups excluding carboxylic acids is 2. The minimum Gasteiger partial charge on any atom is -0.497 e. The fourth-order valence-corrected chi connectivity index (χ4v) is 6.16. The molecule has 0 radical (unpaired) electrons. The van der Waals surface area contributed by atoms with Gasteiger partial charge in [0.1, 0.15) is 5.75 Å². The average molecular weight is 513 g/mol. The number of nitrogens with zero attached hydrogens (tertiary/aromatic N) is 2. The van der Waals surface area contributed by atoms with Crippen molar-refractivity contribution in [1.29, 1.82) is 0 Å². The van der Waals surface area contributed by atoms with Crippen molar-refractivity contribution in [2.75, 3.05) is 24.3 Å². The third-order valence-corrected chi connectivity index (χ3v) is 7.99. The minimum absolute atomic E-state index is 0.0746. The Kier molecular flexibility index (Phi) is 5.98. The van der Waals surface area contributed by atoms with E-state index in [4.69, 9.17) is 4.74 Å². The summed E-state index contributed by atoms with van der Waals surface area (Å²) in [5.74, 6) is 0.563. The molecule has 3 aromatic carbocycles. The van der Waals surface area contributed by atoms with Crippen LogP contribution >= 0.6 is 11.8 Å². The summed E-state index contributed by atoms with van der Waals surface area (Å²) >= 11 is 1.39. The van der Waals surface area contributed by atoms with Gasteiger partial charge in [-0.3, -0.25) is 9.59 Å². The molecule has 2 aliphatic heterocycles. The zero-order valence-corrected chi connectivity index (χ0v) is 20.4. The smallest absolute Gasteiger partial charge is 0.416 e. The first-order valence-corrected chi connectivity index (χ1v) is 12.3. The quantitative estimate of drug-likeness (QED) is 0.456. The number of ether oxygens (including phenoxy) is 1. The van der Waals surface area contributed by atoms with Crippen molar-refractivity contribution >= 4 is 29.3 Å². The third-order valence-electron chi connectivity index (χ3n) is 6.57. The number of thioether (sulfide) groups is 1. The number of methoxy groups -OCH3 is 1. The molecule has 2 aliphatic rings. The lowest BCUT2D eigenvalue weighted by molar-refractivity contribution is -0.137. The van der Waals surface area contributed by atoms with E-state index in [9.17, 15) is 22.8 Å². The standard InChI is InChI=1S/C27H23F3N2O3S/c1-17-3-7-19(8-4-17)24(33)32-13-14-36-26(32)22-15-21(35-2)11-12-23(22)31(25(26)34)16-18-5-9-20(10-6-18)27(28,29)30/h3-12,15H,13-14,16H2,1-2H3/t26-/m1/s1. The third kappa shape index (κ3) is 3.91. The van der Waals surface area contributed by atoms with Crippen molar-refractivity contribution in [3.05, 3.63) is 94.5 Å². The number of hydrogen-bond acceptors (Lipinski definition) is 4. The van der Waals surface area contributed by atoms with Crippen LogP contribution in [-0.2, 0) is 22.4 Å². The number of hydrogen-bond donors (Lipinski definition) is 0. The molecular formula is C27H23F3N2O3S. The summed E-state index contributed by atoms with van der Waals surface area (Å²) < 4.78 is 44.5. The Labute approximate surface area is 210 Å². The maximum absolute atomic E-state index is 14.1. The van der Waals surface area contributed by atoms with Crippen LogP contribution in [0.3, 0.4) is 0 Å². The normalized spacial score (nSPS) is 19.2. The lowest BCUT2D eigenvalue weighted by Crippen LogP contribution is -2.50. The highest BCUT2D eigenvalue weighted by atomic mass is 32.2. The van der Waals surface area contributed by atoms with Gasteiger partial charge in [-0.1, -0.05) is 29.8 Å². The Morgan fingerprint density at radius 2 is 1.75 bits per heavy atom. The summed E-state index contributed by atoms with van der Waals surface area (Å²) in [6, 6.07) is 17.3. The second kappa shape index (κ2) is 8.89. The van der Waals surface area contributed by atoms with Crippen molar-refractivity contribution in [3.8, 4) is 5.75 Å². The molecule has 0 unspecified atom stereocenters. The van der Waals surface area contributed by atoms with Crippen molar-refractivity contribution in [2.24, 2.45) is 0 Å². The molecule has 36 heavy (non-hydrogen) atoms. The van der Waals surface area contributed by atoms with Crippen LogP contribution in [0.1, 0.15) is 32.6 Å². The highest BCUT2D eigenvalue weighted by Gasteiger charge is 2.59. The number of rotatable bonds is 4. The molecule has 1 atom stereocenters. The number of aryl methyl sites for hydroxylation is 1. The number of amides is 2. The number of anilines is 1. The van der Waals surface area contributed by atoms with Gasteiger partial charge in [0.25, 0.3) is 11.8 Å². The topological polar surface area (TPSA) is 49.9 Å². The monoisotopic (exact) mass is 512 g/mol. The first kappa shape index (κ1) is 24.2. The van der Waals surface area contributed by atoms with Gasteiger partial charge < -0.3 is 14.5 Å². The van der Waals surface area contributed by atoms with Crippen molar-refractivity contribution in [1.82, 2.24) is 4.90 Å². The van der Waals surface area contributed by atoms with Gasteiger partial charge in [-0.25, -0.2) is 0 Å². The lowest BCUT2D eigenvalue weighted by atomic mass is 10.0. The number of fused-ring (bicyclic) bond motifs is 2. The van der Waals surface area contributed by atoms with Crippen LogP contribution in [0.5, 0.6) is 5.75 Å². The van der Waals surface area contributed by atoms with Gasteiger partial charge in [0, 0.05) is 23.4 Å². The van der Waals surface area contributed by atoms with Crippen LogP contribution in [0.15, 0.2) is 66.7 Å². The molecule has 5 nitrogen and oxygen atoms in total. The molecule has 1 saturated heterocycles. The summed E-state index contributed by atoms with van der Waals surface area (Å²) in [6.07, 6.45) is -4.44. The minimum atomic E-state index is -4.44. The van der Waals surface area contributed by atoms with Crippen molar-refractivity contribution < 1.29 is 27.5 Å². The van der Waals surface area contributed by atoms with E-state index >= 15 is 0 Å². The van der Waals surface area contributed by atoms with Gasteiger partial charge in [-0.05, 0) is 55.0 Å². The van der Waals surface area contributed by atoms with E-state index in [0.29, 0.717) is 40.4 Å². The molecule has 0 N–H and O–H groups in total. The molecule has 2 amide bonds. The Bertz CT molecular complexity index is 1330. The van der Waals surface area contributed by atoms with Crippen LogP contribution < -0.4 is 9.64 Å². The van der Waals surface area contributed by atoms with Crippen LogP contribution in [0, 0.1) is 6.92 Å². The molecule has 186 valence electrons. The maximum Gasteiger partial charge on any atom is 0.416 e. The van der Waals surface area contributed by atoms with E-state index in [-0.39, 0.29) is 18.4 Å². The molecule has 5 rings (SSSR count). The number of alkyl halides is 3. The molecule has 0 saturated carbocycles. The molecule has 0 bridgehead atoms. The van der Waals surface area contributed by atoms with Crippen LogP contribution in [0.4, 0.5) is 18.9 Å². The Morgan fingerprint density at radius 1 is 1.06 bits per heavy atom. The zero-order valence-electron chi connectivity index (χ0n) is 19.6. The Hall–Kier alpha value is -3.46. The van der Waals surface area contributed by atoms with Gasteiger partial charge in [0.05, 0.1) is 24.9 Å². The zero-order chi connectivity index (χ0) is 25.7. The predicted octanol–water partition coefficient (Wildman–Crippen LogP) is 5.61. The van der Waals surface area contributed by atoms with E-state index < -0.39 is 16.6 Å². The van der Waals surface area contributed by atoms with Crippen molar-refractivity contribution in [3.63, 3.8) is 0 Å². The van der Waals surface area contributed by atoms with Crippen LogP contribution in [-0.4, -0.2) is 36.1 Å². The van der Waals surface area contributed by atoms with Gasteiger partial charge in [-0.15, -0.1) is 11.8 Å². The van der Waals surface area contributed by atoms with Crippen LogP contribution in [0.2, 0.25) is 0 Å². The summed E-state index contributed by atoms with van der Waals surface area (Å²) in [5.41, 5.74) is 2.56. The van der Waals surface area contributed by atoms with E-state index in [1.54, 1.807) is 40.1 Å². The Morgan fingerprint density at radius 3 is 2.39 bits per heavy atom. The molecular weight excluding hydrogens is 489 g/mol. The van der Waals surface area contributed by atoms with Gasteiger partial charge >= 0.3 is 6.18 Å². The SMILES string of the molecule is COc1ccc2c(c1)[C@@]1(SCCN1C(=O)c1ccc(C)cc1)C(=O)N2Cc1ccc(C(F)(F)F)cc1. The summed E-state index contributed by atoms with van der Waals surface area (Å²) in [4.78, 5) is 29.6. The summed E-state index contributed by atoms with van der Waals surface area (Å²) in [5, 5.41) is 0. The summed E-state index contributed by atoms with van der Waals surface area (Å²) in [7, 11) is 1.53. The largest absolute Gasteiger partial charge is 0.497 e. The van der Waals surface area contributed by atoms with E-state index in [0.717, 1.165) is 17.7 Å². The van der Waals surface area contributed by atoms with Crippen molar-refractivity contribution in [2.45, 2.75) is 24.5 Å². The second-order valence-electron chi connectivity index (χ2n) is 8.78. The predicted molar refractivity (Wildman–Crippen MR) is 132 cm³/mol. The molecule has 0 aliphatic carbocycles. The van der Waals surface area contributed by atoms with Crippen LogP contribution in [0.25, 0.3) is 0 Å². The first-order chi connectivity index (χ1) is 17.1. The fraction of sp³-hybridized carbons (Fsp3) is 0.259. The molecule has 1 spiro atoms. The molecule has 0 aromatic heterocycles. The second-order valence-corrected chi connectivity index (χ2v) is 10.1. The Balaban J connectivity index is 1.55. The number of carbonyl (C=O) groups is 2. The lowest BCUT2D eigenvalue weighted by Gasteiger charge is -2.33. The van der Waals surface area contributed by atoms with E-state index in [1.807, 2.05) is 19.1 Å². The molecule has 2 heterocycles. The summed E-state index contributed by atoms with van der Waals surface area (Å²) in [6.45, 7) is 2.39. The van der Waals surface area contributed by atoms with Gasteiger partial charge in [0.2, 0.25) is 0 Å². The maximum atomic E-state index is 14.1. The van der Waals surface area contributed by atoms with E-state index in [1.165, 1.54) is 31.0 Å². The van der Waals surface area contributed by atoms with Gasteiger partial charge in [0.15, 0.2) is 4.87 Å². The number of halogens is 3. The number of benzene rings is 3. The molecule has 1 fully saturated rings. The van der Waals surface area contributed by atoms with E-state index in [2.05, 4.69) is 0 Å². The highest BCUT2D eigenvalue weighted by Crippen LogP contribution is 2.55. The molecule has 3 aromatic rings. The van der Waals surface area contributed by atoms with Gasteiger partial charge in [-0.2, -0.15) is 13.2 Å². The molecule has 9 heteroatoms. The first-order valence-electron chi connectivity index (χ1n) is 11.3. The fourth-order valence-electron chi connectivity index (χ4n) is 4.71. The average Bonchev–Trinajstić information content (AvgIpc) is 3.40.